The van der Waals surface area contributed by atoms with Crippen LogP contribution in [0, 0.1) is 5.82 Å². The summed E-state index contributed by atoms with van der Waals surface area (Å²) in [5.41, 5.74) is 2.48. The Kier molecular flexibility index (Phi) is 4.93. The van der Waals surface area contributed by atoms with Crippen LogP contribution >= 0.6 is 0 Å². The maximum absolute atomic E-state index is 14.2. The first-order valence-electron chi connectivity index (χ1n) is 10.3. The van der Waals surface area contributed by atoms with Gasteiger partial charge in [-0.3, -0.25) is 4.79 Å². The Bertz CT molecular complexity index is 1370. The molecule has 0 radical (unpaired) electrons. The number of ether oxygens (including phenoxy) is 1. The molecule has 1 amide bonds. The third kappa shape index (κ3) is 3.32. The number of fused-ring (bicyclic) bond motifs is 2. The summed E-state index contributed by atoms with van der Waals surface area (Å²) in [6.07, 6.45) is 2.82. The highest BCUT2D eigenvalue weighted by Crippen LogP contribution is 2.38. The average Bonchev–Trinajstić information content (AvgIpc) is 2.79. The normalized spacial score (nSPS) is 13.8. The van der Waals surface area contributed by atoms with Gasteiger partial charge in [0.15, 0.2) is 0 Å². The molecule has 1 aliphatic rings. The molecule has 0 spiro atoms. The van der Waals surface area contributed by atoms with Crippen molar-refractivity contribution < 1.29 is 13.9 Å². The minimum atomic E-state index is -0.269. The third-order valence-electron chi connectivity index (χ3n) is 5.92. The lowest BCUT2D eigenvalue weighted by Gasteiger charge is -2.39. The van der Waals surface area contributed by atoms with Gasteiger partial charge < -0.3 is 15.0 Å². The number of methoxy groups -OCH3 is 1. The summed E-state index contributed by atoms with van der Waals surface area (Å²) in [6, 6.07) is 14.4. The smallest absolute Gasteiger partial charge is 0.245 e. The summed E-state index contributed by atoms with van der Waals surface area (Å²) >= 11 is 0. The number of hydrogen-bond acceptors (Lipinski definition) is 5. The fourth-order valence-corrected chi connectivity index (χ4v) is 4.18. The van der Waals surface area contributed by atoms with E-state index in [1.165, 1.54) is 18.5 Å². The van der Waals surface area contributed by atoms with E-state index in [1.54, 1.807) is 24.1 Å². The molecule has 4 aromatic rings. The first-order valence-corrected chi connectivity index (χ1v) is 10.3. The lowest BCUT2D eigenvalue weighted by Crippen LogP contribution is -2.47. The first kappa shape index (κ1) is 19.9. The van der Waals surface area contributed by atoms with Crippen LogP contribution in [0.1, 0.15) is 11.5 Å². The lowest BCUT2D eigenvalue weighted by molar-refractivity contribution is -0.130. The van der Waals surface area contributed by atoms with Gasteiger partial charge in [0.1, 0.15) is 23.7 Å². The van der Waals surface area contributed by atoms with Crippen molar-refractivity contribution in [2.24, 2.45) is 0 Å². The van der Waals surface area contributed by atoms with Gasteiger partial charge in [0, 0.05) is 52.5 Å². The summed E-state index contributed by atoms with van der Waals surface area (Å²) in [5, 5.41) is 5.49. The van der Waals surface area contributed by atoms with Crippen LogP contribution in [0.2, 0.25) is 0 Å². The molecule has 0 saturated carbocycles. The molecule has 6 nitrogen and oxygen atoms in total. The summed E-state index contributed by atoms with van der Waals surface area (Å²) in [6.45, 7) is 4.76. The predicted octanol–water partition coefficient (Wildman–Crippen LogP) is 4.79. The minimum Gasteiger partial charge on any atom is -0.496 e. The summed E-state index contributed by atoms with van der Waals surface area (Å²) < 4.78 is 19.9. The second-order valence-corrected chi connectivity index (χ2v) is 7.74. The minimum absolute atomic E-state index is 0.0742. The lowest BCUT2D eigenvalue weighted by atomic mass is 9.89. The maximum atomic E-state index is 14.2. The van der Waals surface area contributed by atoms with Crippen molar-refractivity contribution in [2.75, 3.05) is 25.5 Å². The van der Waals surface area contributed by atoms with E-state index in [1.807, 2.05) is 30.3 Å². The van der Waals surface area contributed by atoms with Crippen LogP contribution in [-0.2, 0) is 4.79 Å². The molecule has 1 fully saturated rings. The number of rotatable bonds is 5. The number of nitrogens with one attached hydrogen (secondary N) is 1. The van der Waals surface area contributed by atoms with Crippen molar-refractivity contribution in [3.8, 4) is 5.75 Å². The molecule has 1 aliphatic heterocycles. The molecule has 1 saturated heterocycles. The molecule has 3 aromatic carbocycles. The zero-order valence-electron chi connectivity index (χ0n) is 17.5. The number of aromatic nitrogens is 2. The summed E-state index contributed by atoms with van der Waals surface area (Å²) in [7, 11) is 1.63. The van der Waals surface area contributed by atoms with Crippen LogP contribution < -0.4 is 10.1 Å². The van der Waals surface area contributed by atoms with Crippen LogP contribution in [0.15, 0.2) is 67.5 Å². The number of amides is 1. The predicted molar refractivity (Wildman–Crippen MR) is 123 cm³/mol. The maximum Gasteiger partial charge on any atom is 0.245 e. The van der Waals surface area contributed by atoms with E-state index in [4.69, 9.17) is 4.74 Å². The van der Waals surface area contributed by atoms with Gasteiger partial charge in [-0.1, -0.05) is 30.8 Å². The molecule has 0 bridgehead atoms. The van der Waals surface area contributed by atoms with Crippen molar-refractivity contribution in [1.29, 1.82) is 0 Å². The van der Waals surface area contributed by atoms with E-state index in [0.717, 1.165) is 33.3 Å². The molecule has 0 atom stereocenters. The van der Waals surface area contributed by atoms with Crippen LogP contribution in [0.25, 0.3) is 21.7 Å². The number of likely N-dealkylation sites (tertiary alicyclic amines) is 1. The Morgan fingerprint density at radius 2 is 1.94 bits per heavy atom. The quantitative estimate of drug-likeness (QED) is 0.463. The summed E-state index contributed by atoms with van der Waals surface area (Å²) in [5.74, 6) is 1.15. The van der Waals surface area contributed by atoms with Gasteiger partial charge in [0.25, 0.3) is 0 Å². The van der Waals surface area contributed by atoms with Gasteiger partial charge in [0.05, 0.1) is 12.6 Å². The molecule has 0 aliphatic carbocycles. The second kappa shape index (κ2) is 7.92. The number of benzene rings is 3. The Morgan fingerprint density at radius 1 is 1.16 bits per heavy atom. The molecule has 1 N–H and O–H groups in total. The van der Waals surface area contributed by atoms with Crippen LogP contribution in [0.5, 0.6) is 5.75 Å². The molecule has 7 heteroatoms. The fourth-order valence-electron chi connectivity index (χ4n) is 4.18. The third-order valence-corrected chi connectivity index (χ3v) is 5.92. The van der Waals surface area contributed by atoms with Gasteiger partial charge in [-0.05, 0) is 24.3 Å². The van der Waals surface area contributed by atoms with Gasteiger partial charge in [-0.15, -0.1) is 0 Å². The Hall–Kier alpha value is -4.00. The number of halogens is 1. The van der Waals surface area contributed by atoms with Crippen molar-refractivity contribution in [3.05, 3.63) is 78.9 Å². The number of carbonyl (C=O) groups is 1. The molecule has 32 heavy (non-hydrogen) atoms. The molecule has 160 valence electrons. The average molecular weight is 428 g/mol. The molecule has 2 heterocycles. The van der Waals surface area contributed by atoms with Crippen LogP contribution in [-0.4, -0.2) is 41.0 Å². The SMILES string of the molecule is C=CC(=O)N1CC(c2cc3c(Nc4ccc(F)c5ccccc45)ncnc3cc2OC)C1. The van der Waals surface area contributed by atoms with E-state index in [0.29, 0.717) is 24.3 Å². The highest BCUT2D eigenvalue weighted by atomic mass is 19.1. The van der Waals surface area contributed by atoms with E-state index in [2.05, 4.69) is 21.9 Å². The van der Waals surface area contributed by atoms with Gasteiger partial charge in [0.2, 0.25) is 5.91 Å². The number of nitrogens with zero attached hydrogens (tertiary/aromatic N) is 3. The van der Waals surface area contributed by atoms with Gasteiger partial charge >= 0.3 is 0 Å². The molecular weight excluding hydrogens is 407 g/mol. The number of anilines is 2. The Balaban J connectivity index is 1.56. The molecule has 0 unspecified atom stereocenters. The highest BCUT2D eigenvalue weighted by molar-refractivity contribution is 5.99. The van der Waals surface area contributed by atoms with Crippen LogP contribution in [0.4, 0.5) is 15.9 Å². The van der Waals surface area contributed by atoms with Crippen molar-refractivity contribution in [3.63, 3.8) is 0 Å². The molecular formula is C25H21FN4O2. The number of hydrogen-bond donors (Lipinski definition) is 1. The largest absolute Gasteiger partial charge is 0.496 e. The van der Waals surface area contributed by atoms with Crippen molar-refractivity contribution in [1.82, 2.24) is 14.9 Å². The Labute approximate surface area is 184 Å². The summed E-state index contributed by atoms with van der Waals surface area (Å²) in [4.78, 5) is 22.4. The standard InChI is InChI=1S/C25H21FN4O2/c1-3-24(31)30-12-15(13-30)18-10-19-22(11-23(18)32-2)27-14-28-25(19)29-21-9-8-20(26)16-6-4-5-7-17(16)21/h3-11,14-15H,1,12-13H2,2H3,(H,27,28,29). The topological polar surface area (TPSA) is 67.4 Å². The van der Waals surface area contributed by atoms with E-state index < -0.39 is 0 Å². The van der Waals surface area contributed by atoms with Crippen LogP contribution in [0.3, 0.4) is 0 Å². The van der Waals surface area contributed by atoms with Gasteiger partial charge in [-0.25, -0.2) is 14.4 Å². The second-order valence-electron chi connectivity index (χ2n) is 7.74. The zero-order chi connectivity index (χ0) is 22.2. The molecule has 1 aromatic heterocycles. The first-order chi connectivity index (χ1) is 15.6. The fraction of sp³-hybridized carbons (Fsp3) is 0.160. The van der Waals surface area contributed by atoms with E-state index in [9.17, 15) is 9.18 Å². The zero-order valence-corrected chi connectivity index (χ0v) is 17.5. The van der Waals surface area contributed by atoms with Crippen molar-refractivity contribution in [2.45, 2.75) is 5.92 Å². The monoisotopic (exact) mass is 428 g/mol. The van der Waals surface area contributed by atoms with Gasteiger partial charge in [-0.2, -0.15) is 0 Å². The van der Waals surface area contributed by atoms with E-state index in [-0.39, 0.29) is 17.6 Å². The Morgan fingerprint density at radius 3 is 2.69 bits per heavy atom. The highest BCUT2D eigenvalue weighted by Gasteiger charge is 2.32. The molecule has 5 rings (SSSR count). The van der Waals surface area contributed by atoms with E-state index >= 15 is 0 Å². The van der Waals surface area contributed by atoms with Crippen molar-refractivity contribution >= 4 is 39.1 Å². The number of carbonyl (C=O) groups excluding carboxylic acids is 1.